The maximum Gasteiger partial charge on any atom is 0.411 e. The standard InChI is InChI=1S/C23H39N5O6/c1-9-32-19(29)18-16-14-27(21(31)34-23(5,6)7)12-10-17(16)25-28(18)13-11-24-15-26(8)20(30)33-22(2,3)4/h24H,9-15H2,1-8H3. The minimum atomic E-state index is -0.607. The Morgan fingerprint density at radius 1 is 1.09 bits per heavy atom. The van der Waals surface area contributed by atoms with Crippen LogP contribution in [0.15, 0.2) is 0 Å². The number of rotatable bonds is 7. The van der Waals surface area contributed by atoms with Crippen LogP contribution in [0.4, 0.5) is 9.59 Å². The van der Waals surface area contributed by atoms with Gasteiger partial charge in [-0.1, -0.05) is 0 Å². The average molecular weight is 482 g/mol. The molecule has 0 bridgehead atoms. The first-order valence-electron chi connectivity index (χ1n) is 11.6. The Bertz CT molecular complexity index is 884. The molecule has 0 aromatic carbocycles. The maximum atomic E-state index is 12.8. The van der Waals surface area contributed by atoms with Gasteiger partial charge in [0.05, 0.1) is 32.1 Å². The Kier molecular flexibility index (Phi) is 8.93. The van der Waals surface area contributed by atoms with Gasteiger partial charge in [-0.2, -0.15) is 5.10 Å². The van der Waals surface area contributed by atoms with E-state index in [-0.39, 0.29) is 19.8 Å². The summed E-state index contributed by atoms with van der Waals surface area (Å²) in [6.07, 6.45) is -0.334. The summed E-state index contributed by atoms with van der Waals surface area (Å²) in [5.74, 6) is -0.479. The van der Waals surface area contributed by atoms with Crippen molar-refractivity contribution in [1.29, 1.82) is 0 Å². The molecule has 1 N–H and O–H groups in total. The first-order chi connectivity index (χ1) is 15.7. The fourth-order valence-electron chi connectivity index (χ4n) is 3.33. The monoisotopic (exact) mass is 481 g/mol. The molecule has 0 atom stereocenters. The van der Waals surface area contributed by atoms with Gasteiger partial charge in [0.25, 0.3) is 0 Å². The summed E-state index contributed by atoms with van der Waals surface area (Å²) >= 11 is 0. The Morgan fingerprint density at radius 3 is 2.32 bits per heavy atom. The van der Waals surface area contributed by atoms with E-state index in [4.69, 9.17) is 14.2 Å². The molecule has 2 amide bonds. The van der Waals surface area contributed by atoms with Crippen LogP contribution in [0, 0.1) is 0 Å². The molecule has 1 aromatic rings. The number of hydrogen-bond acceptors (Lipinski definition) is 8. The van der Waals surface area contributed by atoms with Gasteiger partial charge in [0.2, 0.25) is 0 Å². The number of aromatic nitrogens is 2. The highest BCUT2D eigenvalue weighted by atomic mass is 16.6. The lowest BCUT2D eigenvalue weighted by molar-refractivity contribution is 0.0218. The number of carbonyl (C=O) groups is 3. The molecule has 11 nitrogen and oxygen atoms in total. The molecule has 0 saturated carbocycles. The van der Waals surface area contributed by atoms with Crippen LogP contribution in [0.3, 0.4) is 0 Å². The van der Waals surface area contributed by atoms with E-state index in [9.17, 15) is 14.4 Å². The third kappa shape index (κ3) is 7.89. The number of carbonyl (C=O) groups excluding carboxylic acids is 3. The largest absolute Gasteiger partial charge is 0.461 e. The third-order valence-corrected chi connectivity index (χ3v) is 4.78. The van der Waals surface area contributed by atoms with Crippen molar-refractivity contribution in [1.82, 2.24) is 24.9 Å². The molecule has 0 radical (unpaired) electrons. The molecule has 2 heterocycles. The fraction of sp³-hybridized carbons (Fsp3) is 0.739. The molecule has 2 rings (SSSR count). The number of nitrogens with zero attached hydrogens (tertiary/aromatic N) is 4. The van der Waals surface area contributed by atoms with Crippen LogP contribution in [-0.4, -0.2) is 82.4 Å². The predicted octanol–water partition coefficient (Wildman–Crippen LogP) is 2.77. The third-order valence-electron chi connectivity index (χ3n) is 4.78. The van der Waals surface area contributed by atoms with Crippen molar-refractivity contribution in [3.05, 3.63) is 17.0 Å². The van der Waals surface area contributed by atoms with Crippen molar-refractivity contribution in [3.63, 3.8) is 0 Å². The summed E-state index contributed by atoms with van der Waals surface area (Å²) in [4.78, 5) is 40.4. The molecule has 1 aliphatic rings. The van der Waals surface area contributed by atoms with Gasteiger partial charge in [0.1, 0.15) is 11.2 Å². The number of ether oxygens (including phenoxy) is 3. The van der Waals surface area contributed by atoms with Crippen LogP contribution < -0.4 is 5.32 Å². The topological polar surface area (TPSA) is 115 Å². The SMILES string of the molecule is CCOC(=O)c1c2c(nn1CCNCN(C)C(=O)OC(C)(C)C)CCN(C(=O)OC(C)(C)C)C2. The molecule has 0 fully saturated rings. The van der Waals surface area contributed by atoms with Crippen molar-refractivity contribution in [2.75, 3.05) is 33.4 Å². The molecule has 1 aromatic heterocycles. The number of fused-ring (bicyclic) bond motifs is 1. The Labute approximate surface area is 201 Å². The zero-order valence-electron chi connectivity index (χ0n) is 21.7. The van der Waals surface area contributed by atoms with Crippen molar-refractivity contribution in [2.24, 2.45) is 0 Å². The highest BCUT2D eigenvalue weighted by molar-refractivity contribution is 5.90. The summed E-state index contributed by atoms with van der Waals surface area (Å²) in [6, 6.07) is 0. The molecule has 0 saturated heterocycles. The molecule has 0 spiro atoms. The molecule has 11 heteroatoms. The van der Waals surface area contributed by atoms with E-state index < -0.39 is 29.4 Å². The quantitative estimate of drug-likeness (QED) is 0.274. The van der Waals surface area contributed by atoms with Crippen molar-refractivity contribution >= 4 is 18.2 Å². The summed E-state index contributed by atoms with van der Waals surface area (Å²) in [5.41, 5.74) is 0.618. The zero-order chi connectivity index (χ0) is 25.7. The average Bonchev–Trinajstić information content (AvgIpc) is 3.06. The normalized spacial score (nSPS) is 13.8. The minimum Gasteiger partial charge on any atom is -0.461 e. The van der Waals surface area contributed by atoms with Crippen LogP contribution in [0.2, 0.25) is 0 Å². The van der Waals surface area contributed by atoms with E-state index in [1.165, 1.54) is 4.90 Å². The van der Waals surface area contributed by atoms with Gasteiger partial charge in [-0.05, 0) is 48.5 Å². The summed E-state index contributed by atoms with van der Waals surface area (Å²) in [6.45, 7) is 14.7. The molecule has 0 unspecified atom stereocenters. The molecular formula is C23H39N5O6. The van der Waals surface area contributed by atoms with Gasteiger partial charge < -0.3 is 19.1 Å². The minimum absolute atomic E-state index is 0.229. The van der Waals surface area contributed by atoms with E-state index in [0.717, 1.165) is 5.69 Å². The van der Waals surface area contributed by atoms with Crippen LogP contribution in [-0.2, 0) is 33.7 Å². The van der Waals surface area contributed by atoms with Gasteiger partial charge >= 0.3 is 18.2 Å². The van der Waals surface area contributed by atoms with Gasteiger partial charge in [-0.15, -0.1) is 0 Å². The second-order valence-corrected chi connectivity index (χ2v) is 10.2. The van der Waals surface area contributed by atoms with E-state index in [1.807, 2.05) is 41.5 Å². The van der Waals surface area contributed by atoms with Gasteiger partial charge in [-0.25, -0.2) is 14.4 Å². The van der Waals surface area contributed by atoms with E-state index in [0.29, 0.717) is 37.3 Å². The highest BCUT2D eigenvalue weighted by Gasteiger charge is 2.32. The predicted molar refractivity (Wildman–Crippen MR) is 125 cm³/mol. The van der Waals surface area contributed by atoms with Gasteiger partial charge in [-0.3, -0.25) is 14.9 Å². The van der Waals surface area contributed by atoms with Gasteiger partial charge in [0, 0.05) is 32.1 Å². The van der Waals surface area contributed by atoms with Gasteiger partial charge in [0.15, 0.2) is 5.69 Å². The molecule has 0 aliphatic carbocycles. The summed E-state index contributed by atoms with van der Waals surface area (Å²) in [5, 5.41) is 7.77. The lowest BCUT2D eigenvalue weighted by Crippen LogP contribution is -2.40. The number of nitrogens with one attached hydrogen (secondary N) is 1. The Balaban J connectivity index is 2.07. The highest BCUT2D eigenvalue weighted by Crippen LogP contribution is 2.25. The summed E-state index contributed by atoms with van der Waals surface area (Å²) in [7, 11) is 1.64. The van der Waals surface area contributed by atoms with E-state index >= 15 is 0 Å². The van der Waals surface area contributed by atoms with Crippen LogP contribution in [0.1, 0.15) is 70.2 Å². The second kappa shape index (κ2) is 11.1. The first kappa shape index (κ1) is 27.4. The zero-order valence-corrected chi connectivity index (χ0v) is 21.7. The molecule has 34 heavy (non-hydrogen) atoms. The van der Waals surface area contributed by atoms with Crippen LogP contribution in [0.5, 0.6) is 0 Å². The maximum absolute atomic E-state index is 12.8. The molecule has 192 valence electrons. The van der Waals surface area contributed by atoms with Crippen molar-refractivity contribution < 1.29 is 28.6 Å². The number of amides is 2. The fourth-order valence-corrected chi connectivity index (χ4v) is 3.33. The van der Waals surface area contributed by atoms with Crippen molar-refractivity contribution in [3.8, 4) is 0 Å². The lowest BCUT2D eigenvalue weighted by atomic mass is 10.1. The van der Waals surface area contributed by atoms with Crippen LogP contribution >= 0.6 is 0 Å². The lowest BCUT2D eigenvalue weighted by Gasteiger charge is -2.29. The molecule has 1 aliphatic heterocycles. The number of hydrogen-bond donors (Lipinski definition) is 1. The van der Waals surface area contributed by atoms with Crippen LogP contribution in [0.25, 0.3) is 0 Å². The molecular weight excluding hydrogens is 442 g/mol. The van der Waals surface area contributed by atoms with E-state index in [1.54, 1.807) is 23.6 Å². The summed E-state index contributed by atoms with van der Waals surface area (Å²) < 4.78 is 17.7. The number of esters is 1. The van der Waals surface area contributed by atoms with Crippen molar-refractivity contribution in [2.45, 2.75) is 79.2 Å². The second-order valence-electron chi connectivity index (χ2n) is 10.2. The smallest absolute Gasteiger partial charge is 0.411 e. The van der Waals surface area contributed by atoms with E-state index in [2.05, 4.69) is 10.4 Å². The Morgan fingerprint density at radius 2 is 1.74 bits per heavy atom. The Hall–Kier alpha value is -2.82. The first-order valence-corrected chi connectivity index (χ1v) is 11.6.